The van der Waals surface area contributed by atoms with Crippen molar-refractivity contribution in [3.8, 4) is 5.75 Å². The van der Waals surface area contributed by atoms with Crippen LogP contribution in [0.25, 0.3) is 0 Å². The van der Waals surface area contributed by atoms with Crippen LogP contribution in [0.4, 0.5) is 11.4 Å². The maximum atomic E-state index is 12.1. The first-order valence-electron chi connectivity index (χ1n) is 6.45. The Kier molecular flexibility index (Phi) is 2.65. The molecule has 2 aliphatic rings. The third-order valence-electron chi connectivity index (χ3n) is 4.23. The van der Waals surface area contributed by atoms with Gasteiger partial charge in [0.25, 0.3) is 0 Å². The molecule has 4 nitrogen and oxygen atoms in total. The van der Waals surface area contributed by atoms with Gasteiger partial charge in [0.2, 0.25) is 5.91 Å². The van der Waals surface area contributed by atoms with E-state index in [0.717, 1.165) is 0 Å². The van der Waals surface area contributed by atoms with Crippen LogP contribution in [0.5, 0.6) is 5.75 Å². The van der Waals surface area contributed by atoms with E-state index in [4.69, 9.17) is 10.5 Å². The summed E-state index contributed by atoms with van der Waals surface area (Å²) in [4.78, 5) is 12.1. The van der Waals surface area contributed by atoms with Crippen LogP contribution < -0.4 is 15.8 Å². The van der Waals surface area contributed by atoms with Crippen LogP contribution in [0, 0.1) is 17.8 Å². The number of carbonyl (C=O) groups is 1. The molecule has 0 radical (unpaired) electrons. The highest BCUT2D eigenvalue weighted by Crippen LogP contribution is 2.57. The van der Waals surface area contributed by atoms with E-state index in [1.807, 2.05) is 0 Å². The number of ether oxygens (including phenoxy) is 1. The molecule has 2 aliphatic carbocycles. The van der Waals surface area contributed by atoms with E-state index in [2.05, 4.69) is 5.32 Å². The Morgan fingerprint density at radius 3 is 2.72 bits per heavy atom. The van der Waals surface area contributed by atoms with E-state index >= 15 is 0 Å². The van der Waals surface area contributed by atoms with Gasteiger partial charge in [-0.25, -0.2) is 0 Å². The van der Waals surface area contributed by atoms with Gasteiger partial charge in [0.05, 0.1) is 18.5 Å². The van der Waals surface area contributed by atoms with Crippen molar-refractivity contribution in [1.82, 2.24) is 0 Å². The minimum atomic E-state index is 0.126. The molecule has 0 aliphatic heterocycles. The molecule has 4 heteroatoms. The molecule has 2 saturated carbocycles. The second-order valence-corrected chi connectivity index (χ2v) is 5.23. The van der Waals surface area contributed by atoms with Crippen LogP contribution in [0.2, 0.25) is 0 Å². The second kappa shape index (κ2) is 4.19. The molecule has 1 amide bonds. The number of hydrogen-bond acceptors (Lipinski definition) is 3. The van der Waals surface area contributed by atoms with Crippen LogP contribution in [0.3, 0.4) is 0 Å². The van der Waals surface area contributed by atoms with E-state index in [-0.39, 0.29) is 11.8 Å². The number of amides is 1. The summed E-state index contributed by atoms with van der Waals surface area (Å²) in [5.41, 5.74) is 7.12. The largest absolute Gasteiger partial charge is 0.497 e. The van der Waals surface area contributed by atoms with Gasteiger partial charge in [0.1, 0.15) is 5.75 Å². The number of rotatable bonds is 3. The summed E-state index contributed by atoms with van der Waals surface area (Å²) in [6, 6.07) is 5.33. The molecule has 3 N–H and O–H groups in total. The smallest absolute Gasteiger partial charge is 0.228 e. The Morgan fingerprint density at radius 1 is 1.39 bits per heavy atom. The van der Waals surface area contributed by atoms with Crippen LogP contribution in [-0.4, -0.2) is 13.0 Å². The highest BCUT2D eigenvalue weighted by Gasteiger charge is 2.56. The molecule has 96 valence electrons. The number of carbonyl (C=O) groups excluding carboxylic acids is 1. The molecular formula is C14H18N2O2. The van der Waals surface area contributed by atoms with Crippen molar-refractivity contribution in [2.45, 2.75) is 19.3 Å². The molecule has 0 bridgehead atoms. The van der Waals surface area contributed by atoms with Gasteiger partial charge < -0.3 is 15.8 Å². The minimum absolute atomic E-state index is 0.126. The fourth-order valence-electron chi connectivity index (χ4n) is 3.21. The van der Waals surface area contributed by atoms with Gasteiger partial charge in [-0.05, 0) is 36.8 Å². The van der Waals surface area contributed by atoms with Crippen LogP contribution in [0.15, 0.2) is 18.2 Å². The number of benzene rings is 1. The first-order chi connectivity index (χ1) is 8.70. The van der Waals surface area contributed by atoms with Gasteiger partial charge >= 0.3 is 0 Å². The van der Waals surface area contributed by atoms with E-state index < -0.39 is 0 Å². The van der Waals surface area contributed by atoms with Crippen molar-refractivity contribution in [3.05, 3.63) is 18.2 Å². The van der Waals surface area contributed by atoms with Crippen LogP contribution >= 0.6 is 0 Å². The lowest BCUT2D eigenvalue weighted by Crippen LogP contribution is -2.17. The van der Waals surface area contributed by atoms with Crippen molar-refractivity contribution in [3.63, 3.8) is 0 Å². The maximum absolute atomic E-state index is 12.1. The number of nitrogens with one attached hydrogen (secondary N) is 1. The summed E-state index contributed by atoms with van der Waals surface area (Å²) in [6.45, 7) is 0. The SMILES string of the molecule is COc1ccc(NC(=O)C2C3CCCC32)c(N)c1. The molecule has 2 unspecified atom stereocenters. The lowest BCUT2D eigenvalue weighted by molar-refractivity contribution is -0.118. The maximum Gasteiger partial charge on any atom is 0.228 e. The zero-order chi connectivity index (χ0) is 12.7. The zero-order valence-electron chi connectivity index (χ0n) is 10.5. The quantitative estimate of drug-likeness (QED) is 0.804. The Labute approximate surface area is 107 Å². The number of hydrogen-bond donors (Lipinski definition) is 2. The lowest BCUT2D eigenvalue weighted by atomic mass is 10.1. The van der Waals surface area contributed by atoms with Crippen molar-refractivity contribution in [2.24, 2.45) is 17.8 Å². The Hall–Kier alpha value is -1.71. The van der Waals surface area contributed by atoms with Gasteiger partial charge in [-0.15, -0.1) is 0 Å². The predicted octanol–water partition coefficient (Wildman–Crippen LogP) is 2.26. The van der Waals surface area contributed by atoms with Gasteiger partial charge in [-0.1, -0.05) is 6.42 Å². The fourth-order valence-corrected chi connectivity index (χ4v) is 3.21. The standard InChI is InChI=1S/C14H18N2O2/c1-18-8-5-6-12(11(15)7-8)16-14(17)13-9-3-2-4-10(9)13/h5-7,9-10,13H,2-4,15H2,1H3,(H,16,17). The number of nitrogens with two attached hydrogens (primary N) is 1. The van der Waals surface area contributed by atoms with E-state index in [1.165, 1.54) is 19.3 Å². The molecule has 18 heavy (non-hydrogen) atoms. The average molecular weight is 246 g/mol. The number of fused-ring (bicyclic) bond motifs is 1. The summed E-state index contributed by atoms with van der Waals surface area (Å²) >= 11 is 0. The molecule has 0 aromatic heterocycles. The Balaban J connectivity index is 1.67. The minimum Gasteiger partial charge on any atom is -0.497 e. The predicted molar refractivity (Wildman–Crippen MR) is 70.4 cm³/mol. The third-order valence-corrected chi connectivity index (χ3v) is 4.23. The molecule has 2 atom stereocenters. The van der Waals surface area contributed by atoms with Crippen molar-refractivity contribution in [1.29, 1.82) is 0 Å². The number of anilines is 2. The summed E-state index contributed by atoms with van der Waals surface area (Å²) < 4.78 is 5.08. The van der Waals surface area contributed by atoms with Crippen LogP contribution in [-0.2, 0) is 4.79 Å². The first-order valence-corrected chi connectivity index (χ1v) is 6.45. The average Bonchev–Trinajstić information content (AvgIpc) is 2.86. The van der Waals surface area contributed by atoms with Gasteiger partial charge in [0, 0.05) is 12.0 Å². The monoisotopic (exact) mass is 246 g/mol. The molecule has 0 saturated heterocycles. The zero-order valence-corrected chi connectivity index (χ0v) is 10.5. The molecule has 0 heterocycles. The van der Waals surface area contributed by atoms with E-state index in [9.17, 15) is 4.79 Å². The van der Waals surface area contributed by atoms with Gasteiger partial charge in [-0.2, -0.15) is 0 Å². The lowest BCUT2D eigenvalue weighted by Gasteiger charge is -2.10. The van der Waals surface area contributed by atoms with Crippen molar-refractivity contribution in [2.75, 3.05) is 18.2 Å². The highest BCUT2D eigenvalue weighted by molar-refractivity contribution is 5.97. The Morgan fingerprint density at radius 2 is 2.11 bits per heavy atom. The summed E-state index contributed by atoms with van der Waals surface area (Å²) in [5.74, 6) is 2.31. The normalized spacial score (nSPS) is 28.6. The molecule has 2 fully saturated rings. The van der Waals surface area contributed by atoms with E-state index in [0.29, 0.717) is 29.0 Å². The van der Waals surface area contributed by atoms with Crippen molar-refractivity contribution < 1.29 is 9.53 Å². The third kappa shape index (κ3) is 1.82. The fraction of sp³-hybridized carbons (Fsp3) is 0.500. The molecule has 1 aromatic carbocycles. The highest BCUT2D eigenvalue weighted by atomic mass is 16.5. The molecular weight excluding hydrogens is 228 g/mol. The Bertz CT molecular complexity index is 477. The summed E-state index contributed by atoms with van der Waals surface area (Å²) in [5, 5.41) is 2.93. The van der Waals surface area contributed by atoms with Gasteiger partial charge in [-0.3, -0.25) is 4.79 Å². The topological polar surface area (TPSA) is 64.3 Å². The van der Waals surface area contributed by atoms with Gasteiger partial charge in [0.15, 0.2) is 0 Å². The molecule has 3 rings (SSSR count). The molecule has 0 spiro atoms. The second-order valence-electron chi connectivity index (χ2n) is 5.23. The summed E-state index contributed by atoms with van der Waals surface area (Å²) in [6.07, 6.45) is 3.70. The number of methoxy groups -OCH3 is 1. The van der Waals surface area contributed by atoms with Crippen LogP contribution in [0.1, 0.15) is 19.3 Å². The van der Waals surface area contributed by atoms with E-state index in [1.54, 1.807) is 25.3 Å². The summed E-state index contributed by atoms with van der Waals surface area (Å²) in [7, 11) is 1.60. The van der Waals surface area contributed by atoms with Crippen molar-refractivity contribution >= 4 is 17.3 Å². The number of nitrogen functional groups attached to an aromatic ring is 1. The molecule has 1 aromatic rings. The first kappa shape index (κ1) is 11.4.